The van der Waals surface area contributed by atoms with E-state index in [4.69, 9.17) is 13.0 Å². The summed E-state index contributed by atoms with van der Waals surface area (Å²) in [5, 5.41) is 0. The van der Waals surface area contributed by atoms with Crippen LogP contribution in [0.25, 0.3) is 11.6 Å². The third kappa shape index (κ3) is 5.61. The first-order chi connectivity index (χ1) is 15.9. The molecular formula is C29H24O3S. The normalized spacial score (nSPS) is 18.2. The minimum absolute atomic E-state index is 0.288. The van der Waals surface area contributed by atoms with Crippen LogP contribution in [0, 0.1) is 11.8 Å². The second-order valence-corrected chi connectivity index (χ2v) is 9.28. The predicted octanol–water partition coefficient (Wildman–Crippen LogP) is 6.06. The standard InChI is InChI=1S/C28H21.CH4O3S/c1-4-12-21(13-5-1)20-26-24-18-10-11-19-25(24)27(22-14-6-2-7-15-22)28(26)23-16-8-3-9-17-23;1-5(2,3)4/h1-20,24H;1H3,(H,2,3,4)/q+1;/p-1/b26-20+;. The molecule has 0 aromatic heterocycles. The molecule has 3 nitrogen and oxygen atoms in total. The highest BCUT2D eigenvalue weighted by molar-refractivity contribution is 7.84. The lowest BCUT2D eigenvalue weighted by molar-refractivity contribution is 0.470. The zero-order valence-electron chi connectivity index (χ0n) is 18.3. The summed E-state index contributed by atoms with van der Waals surface area (Å²) in [6, 6.07) is 32.2. The predicted molar refractivity (Wildman–Crippen MR) is 134 cm³/mol. The van der Waals surface area contributed by atoms with Gasteiger partial charge in [-0.2, -0.15) is 0 Å². The van der Waals surface area contributed by atoms with Crippen molar-refractivity contribution in [3.8, 4) is 0 Å². The molecule has 0 radical (unpaired) electrons. The summed E-state index contributed by atoms with van der Waals surface area (Å²) in [6.07, 6.45) is 11.9. The third-order valence-electron chi connectivity index (χ3n) is 5.43. The summed E-state index contributed by atoms with van der Waals surface area (Å²) in [6.45, 7) is 0. The molecule has 0 spiro atoms. The van der Waals surface area contributed by atoms with Crippen molar-refractivity contribution in [3.05, 3.63) is 149 Å². The van der Waals surface area contributed by atoms with Gasteiger partial charge in [0.15, 0.2) is 0 Å². The molecule has 2 aliphatic carbocycles. The Morgan fingerprint density at radius 1 is 0.818 bits per heavy atom. The first-order valence-electron chi connectivity index (χ1n) is 10.7. The molecule has 3 aromatic carbocycles. The lowest BCUT2D eigenvalue weighted by Gasteiger charge is -2.14. The van der Waals surface area contributed by atoms with Crippen LogP contribution in [-0.2, 0) is 10.1 Å². The van der Waals surface area contributed by atoms with Gasteiger partial charge in [0.05, 0.1) is 33.1 Å². The van der Waals surface area contributed by atoms with Crippen LogP contribution in [0.15, 0.2) is 126 Å². The Morgan fingerprint density at radius 3 is 1.97 bits per heavy atom. The Labute approximate surface area is 195 Å². The molecule has 1 atom stereocenters. The molecule has 0 saturated heterocycles. The van der Waals surface area contributed by atoms with Gasteiger partial charge in [0.25, 0.3) is 0 Å². The highest BCUT2D eigenvalue weighted by Gasteiger charge is 2.43. The number of rotatable bonds is 3. The van der Waals surface area contributed by atoms with Gasteiger partial charge in [0.2, 0.25) is 0 Å². The second kappa shape index (κ2) is 9.90. The quantitative estimate of drug-likeness (QED) is 0.358. The van der Waals surface area contributed by atoms with Gasteiger partial charge in [0.1, 0.15) is 0 Å². The largest absolute Gasteiger partial charge is 0.748 e. The van der Waals surface area contributed by atoms with E-state index in [-0.39, 0.29) is 5.92 Å². The fraction of sp³-hybridized carbons (Fsp3) is 0.0690. The fourth-order valence-corrected chi connectivity index (χ4v) is 4.22. The maximum atomic E-state index is 9.08. The number of allylic oxidation sites excluding steroid dienone is 7. The Kier molecular flexibility index (Phi) is 6.78. The van der Waals surface area contributed by atoms with Gasteiger partial charge in [0, 0.05) is 28.5 Å². The van der Waals surface area contributed by atoms with Crippen molar-refractivity contribution < 1.29 is 13.0 Å². The average molecular weight is 453 g/mol. The van der Waals surface area contributed by atoms with Gasteiger partial charge in [-0.05, 0) is 66.7 Å². The van der Waals surface area contributed by atoms with Crippen molar-refractivity contribution in [1.29, 1.82) is 0 Å². The molecule has 164 valence electrons. The number of benzene rings is 3. The number of hydrogen-bond acceptors (Lipinski definition) is 3. The van der Waals surface area contributed by atoms with Crippen LogP contribution >= 0.6 is 0 Å². The van der Waals surface area contributed by atoms with Gasteiger partial charge in [-0.1, -0.05) is 54.6 Å². The second-order valence-electron chi connectivity index (χ2n) is 7.87. The van der Waals surface area contributed by atoms with Crippen molar-refractivity contribution >= 4 is 21.8 Å². The van der Waals surface area contributed by atoms with Crippen LogP contribution in [0.4, 0.5) is 0 Å². The SMILES string of the molecule is C1=CC2=C(c3ccccc3)[C+](c3ccccc3)/C(=C/c3ccccc3)C2C=C1.CS(=O)(=O)[O-]. The molecule has 0 heterocycles. The Morgan fingerprint density at radius 2 is 1.36 bits per heavy atom. The van der Waals surface area contributed by atoms with E-state index < -0.39 is 10.1 Å². The van der Waals surface area contributed by atoms with Crippen LogP contribution in [0.1, 0.15) is 16.7 Å². The van der Waals surface area contributed by atoms with E-state index in [0.29, 0.717) is 6.26 Å². The first kappa shape index (κ1) is 22.6. The fourth-order valence-electron chi connectivity index (χ4n) is 4.22. The zero-order valence-corrected chi connectivity index (χ0v) is 19.1. The summed E-state index contributed by atoms with van der Waals surface area (Å²) in [5.41, 5.74) is 7.88. The topological polar surface area (TPSA) is 57.2 Å². The summed E-state index contributed by atoms with van der Waals surface area (Å²) in [7, 11) is -3.92. The molecule has 0 saturated carbocycles. The molecule has 0 fully saturated rings. The average Bonchev–Trinajstić information content (AvgIpc) is 3.14. The van der Waals surface area contributed by atoms with Gasteiger partial charge >= 0.3 is 0 Å². The first-order valence-corrected chi connectivity index (χ1v) is 12.5. The highest BCUT2D eigenvalue weighted by atomic mass is 32.2. The molecule has 2 aliphatic rings. The number of hydrogen-bond donors (Lipinski definition) is 0. The Balaban J connectivity index is 0.000000471. The van der Waals surface area contributed by atoms with E-state index >= 15 is 0 Å². The van der Waals surface area contributed by atoms with Crippen molar-refractivity contribution in [1.82, 2.24) is 0 Å². The lowest BCUT2D eigenvalue weighted by atomic mass is 9.83. The van der Waals surface area contributed by atoms with Crippen molar-refractivity contribution in [2.45, 2.75) is 0 Å². The smallest absolute Gasteiger partial charge is 0.0916 e. The van der Waals surface area contributed by atoms with E-state index in [2.05, 4.69) is 121 Å². The Hall–Kier alpha value is -3.60. The molecular weight excluding hydrogens is 428 g/mol. The molecule has 33 heavy (non-hydrogen) atoms. The Bertz CT molecular complexity index is 1310. The third-order valence-corrected chi connectivity index (χ3v) is 5.43. The molecule has 0 aliphatic heterocycles. The monoisotopic (exact) mass is 452 g/mol. The van der Waals surface area contributed by atoms with E-state index in [1.165, 1.54) is 39.3 Å². The lowest BCUT2D eigenvalue weighted by Crippen LogP contribution is -2.05. The number of fused-ring (bicyclic) bond motifs is 1. The maximum absolute atomic E-state index is 9.08. The molecule has 3 aromatic rings. The van der Waals surface area contributed by atoms with Crippen LogP contribution in [-0.4, -0.2) is 19.2 Å². The summed E-state index contributed by atoms with van der Waals surface area (Å²) >= 11 is 0. The van der Waals surface area contributed by atoms with Crippen molar-refractivity contribution in [2.75, 3.05) is 6.26 Å². The van der Waals surface area contributed by atoms with Crippen LogP contribution < -0.4 is 0 Å². The summed E-state index contributed by atoms with van der Waals surface area (Å²) in [4.78, 5) is 0. The molecule has 1 unspecified atom stereocenters. The zero-order chi connectivity index (χ0) is 23.3. The van der Waals surface area contributed by atoms with E-state index in [1.54, 1.807) is 0 Å². The molecule has 0 amide bonds. The van der Waals surface area contributed by atoms with Crippen LogP contribution in [0.2, 0.25) is 0 Å². The van der Waals surface area contributed by atoms with Gasteiger partial charge in [-0.3, -0.25) is 0 Å². The molecule has 5 rings (SSSR count). The summed E-state index contributed by atoms with van der Waals surface area (Å²) < 4.78 is 27.2. The summed E-state index contributed by atoms with van der Waals surface area (Å²) in [5.74, 6) is 1.63. The minimum Gasteiger partial charge on any atom is -0.748 e. The van der Waals surface area contributed by atoms with Gasteiger partial charge < -0.3 is 4.55 Å². The van der Waals surface area contributed by atoms with Crippen molar-refractivity contribution in [3.63, 3.8) is 0 Å². The van der Waals surface area contributed by atoms with Crippen molar-refractivity contribution in [2.24, 2.45) is 5.92 Å². The van der Waals surface area contributed by atoms with Gasteiger partial charge in [-0.25, -0.2) is 8.42 Å². The van der Waals surface area contributed by atoms with E-state index in [1.807, 2.05) is 0 Å². The highest BCUT2D eigenvalue weighted by Crippen LogP contribution is 2.53. The van der Waals surface area contributed by atoms with Crippen LogP contribution in [0.3, 0.4) is 0 Å². The molecule has 0 bridgehead atoms. The molecule has 4 heteroatoms. The van der Waals surface area contributed by atoms with Crippen LogP contribution in [0.5, 0.6) is 0 Å². The maximum Gasteiger partial charge on any atom is 0.0916 e. The molecule has 0 N–H and O–H groups in total. The van der Waals surface area contributed by atoms with Gasteiger partial charge in [-0.15, -0.1) is 0 Å². The minimum atomic E-state index is -3.92. The van der Waals surface area contributed by atoms with E-state index in [9.17, 15) is 0 Å². The van der Waals surface area contributed by atoms with E-state index in [0.717, 1.165) is 0 Å².